The minimum Gasteiger partial charge on any atom is -0.285 e. The van der Waals surface area contributed by atoms with Crippen LogP contribution >= 0.6 is 0 Å². The lowest BCUT2D eigenvalue weighted by molar-refractivity contribution is 0.144. The monoisotopic (exact) mass is 164 g/mol. The van der Waals surface area contributed by atoms with E-state index < -0.39 is 0 Å². The number of rotatable bonds is 1. The molecule has 1 aliphatic carbocycles. The van der Waals surface area contributed by atoms with Gasteiger partial charge < -0.3 is 0 Å². The number of piperidine rings is 1. The average molecular weight is 164 g/mol. The Hall–Kier alpha value is -0.550. The molecule has 2 heteroatoms. The van der Waals surface area contributed by atoms with E-state index in [0.29, 0.717) is 0 Å². The molecule has 1 heterocycles. The first-order valence-electron chi connectivity index (χ1n) is 4.93. The maximum Gasteiger partial charge on any atom is 0.109 e. The summed E-state index contributed by atoms with van der Waals surface area (Å²) >= 11 is 0. The van der Waals surface area contributed by atoms with E-state index in [1.54, 1.807) is 0 Å². The van der Waals surface area contributed by atoms with E-state index in [1.807, 2.05) is 0 Å². The van der Waals surface area contributed by atoms with Crippen LogP contribution in [0.15, 0.2) is 0 Å². The fraction of sp³-hybridized carbons (Fsp3) is 0.900. The van der Waals surface area contributed by atoms with Crippen LogP contribution in [0.25, 0.3) is 0 Å². The maximum atomic E-state index is 9.00. The van der Waals surface area contributed by atoms with Gasteiger partial charge in [0, 0.05) is 6.54 Å². The number of hydrogen-bond acceptors (Lipinski definition) is 2. The van der Waals surface area contributed by atoms with Crippen molar-refractivity contribution in [2.75, 3.05) is 13.1 Å². The van der Waals surface area contributed by atoms with Crippen LogP contribution in [0.3, 0.4) is 0 Å². The molecule has 2 fully saturated rings. The molecule has 12 heavy (non-hydrogen) atoms. The third-order valence-electron chi connectivity index (χ3n) is 3.19. The summed E-state index contributed by atoms with van der Waals surface area (Å²) in [5, 5.41) is 9.00. The van der Waals surface area contributed by atoms with Gasteiger partial charge in [0.05, 0.1) is 6.07 Å². The van der Waals surface area contributed by atoms with E-state index >= 15 is 0 Å². The van der Waals surface area contributed by atoms with Crippen LogP contribution in [0.2, 0.25) is 0 Å². The highest BCUT2D eigenvalue weighted by molar-refractivity contribution is 5.19. The molecule has 0 bridgehead atoms. The minimum absolute atomic E-state index is 0.0192. The van der Waals surface area contributed by atoms with E-state index in [1.165, 1.54) is 12.8 Å². The topological polar surface area (TPSA) is 27.0 Å². The van der Waals surface area contributed by atoms with Gasteiger partial charge in [0.25, 0.3) is 0 Å². The second-order valence-corrected chi connectivity index (χ2v) is 4.34. The van der Waals surface area contributed by atoms with Gasteiger partial charge in [-0.1, -0.05) is 6.92 Å². The van der Waals surface area contributed by atoms with Crippen LogP contribution in [0.1, 0.15) is 32.6 Å². The largest absolute Gasteiger partial charge is 0.285 e. The molecule has 0 spiro atoms. The molecule has 0 aromatic carbocycles. The zero-order chi connectivity index (χ0) is 8.60. The van der Waals surface area contributed by atoms with Crippen molar-refractivity contribution in [2.45, 2.75) is 38.1 Å². The Morgan fingerprint density at radius 1 is 1.50 bits per heavy atom. The quantitative estimate of drug-likeness (QED) is 0.590. The molecular formula is C10H16N2. The molecule has 1 unspecified atom stereocenters. The van der Waals surface area contributed by atoms with Gasteiger partial charge >= 0.3 is 0 Å². The third-order valence-corrected chi connectivity index (χ3v) is 3.19. The minimum atomic E-state index is -0.0192. The van der Waals surface area contributed by atoms with Crippen molar-refractivity contribution >= 4 is 0 Å². The van der Waals surface area contributed by atoms with Gasteiger partial charge in [-0.15, -0.1) is 0 Å². The zero-order valence-electron chi connectivity index (χ0n) is 7.71. The Bertz CT molecular complexity index is 212. The van der Waals surface area contributed by atoms with Gasteiger partial charge in [-0.05, 0) is 38.1 Å². The van der Waals surface area contributed by atoms with Gasteiger partial charge in [-0.2, -0.15) is 5.26 Å². The van der Waals surface area contributed by atoms with Crippen molar-refractivity contribution in [3.05, 3.63) is 0 Å². The SMILES string of the molecule is CC1CCCN(C2(C#N)CC2)C1. The molecular weight excluding hydrogens is 148 g/mol. The van der Waals surface area contributed by atoms with Crippen LogP contribution in [0.5, 0.6) is 0 Å². The first-order valence-corrected chi connectivity index (χ1v) is 4.93. The number of nitrogens with zero attached hydrogens (tertiary/aromatic N) is 2. The number of likely N-dealkylation sites (tertiary alicyclic amines) is 1. The Morgan fingerprint density at radius 2 is 2.25 bits per heavy atom. The lowest BCUT2D eigenvalue weighted by atomic mass is 9.98. The molecule has 2 nitrogen and oxygen atoms in total. The molecule has 1 saturated heterocycles. The van der Waals surface area contributed by atoms with Gasteiger partial charge in [-0.3, -0.25) is 4.90 Å². The molecule has 1 aliphatic heterocycles. The molecule has 0 aromatic heterocycles. The van der Waals surface area contributed by atoms with Crippen molar-refractivity contribution < 1.29 is 0 Å². The summed E-state index contributed by atoms with van der Waals surface area (Å²) in [5.74, 6) is 0.796. The first kappa shape index (κ1) is 8.07. The average Bonchev–Trinajstić information content (AvgIpc) is 2.84. The summed E-state index contributed by atoms with van der Waals surface area (Å²) in [6.45, 7) is 4.59. The molecule has 0 aromatic rings. The second-order valence-electron chi connectivity index (χ2n) is 4.34. The molecule has 0 N–H and O–H groups in total. The molecule has 2 rings (SSSR count). The van der Waals surface area contributed by atoms with Crippen molar-refractivity contribution in [1.29, 1.82) is 5.26 Å². The van der Waals surface area contributed by atoms with Gasteiger partial charge in [0.15, 0.2) is 0 Å². The molecule has 1 saturated carbocycles. The van der Waals surface area contributed by atoms with Crippen LogP contribution in [-0.2, 0) is 0 Å². The Balaban J connectivity index is 2.00. The van der Waals surface area contributed by atoms with Crippen molar-refractivity contribution in [3.8, 4) is 6.07 Å². The fourth-order valence-corrected chi connectivity index (χ4v) is 2.20. The second kappa shape index (κ2) is 2.74. The van der Waals surface area contributed by atoms with Crippen molar-refractivity contribution in [2.24, 2.45) is 5.92 Å². The predicted molar refractivity (Wildman–Crippen MR) is 47.5 cm³/mol. The van der Waals surface area contributed by atoms with Crippen LogP contribution in [0, 0.1) is 17.2 Å². The van der Waals surface area contributed by atoms with E-state index in [-0.39, 0.29) is 5.54 Å². The van der Waals surface area contributed by atoms with E-state index in [0.717, 1.165) is 31.8 Å². The van der Waals surface area contributed by atoms with Crippen LogP contribution in [0.4, 0.5) is 0 Å². The lowest BCUT2D eigenvalue weighted by Crippen LogP contribution is -2.42. The van der Waals surface area contributed by atoms with Crippen molar-refractivity contribution in [1.82, 2.24) is 4.90 Å². The lowest BCUT2D eigenvalue weighted by Gasteiger charge is -2.34. The van der Waals surface area contributed by atoms with Gasteiger partial charge in [0.1, 0.15) is 5.54 Å². The van der Waals surface area contributed by atoms with E-state index in [2.05, 4.69) is 17.9 Å². The summed E-state index contributed by atoms with van der Waals surface area (Å²) in [6, 6.07) is 2.47. The Kier molecular flexibility index (Phi) is 1.84. The fourth-order valence-electron chi connectivity index (χ4n) is 2.20. The standard InChI is InChI=1S/C10H16N2/c1-9-3-2-6-12(7-9)10(8-11)4-5-10/h9H,2-7H2,1H3. The summed E-state index contributed by atoms with van der Waals surface area (Å²) in [7, 11) is 0. The van der Waals surface area contributed by atoms with Crippen LogP contribution in [-0.4, -0.2) is 23.5 Å². The maximum absolute atomic E-state index is 9.00. The summed E-state index contributed by atoms with van der Waals surface area (Å²) < 4.78 is 0. The van der Waals surface area contributed by atoms with Gasteiger partial charge in [0.2, 0.25) is 0 Å². The number of hydrogen-bond donors (Lipinski definition) is 0. The summed E-state index contributed by atoms with van der Waals surface area (Å²) in [5.41, 5.74) is -0.0192. The Labute approximate surface area is 74.2 Å². The van der Waals surface area contributed by atoms with E-state index in [4.69, 9.17) is 5.26 Å². The first-order chi connectivity index (χ1) is 5.77. The highest BCUT2D eigenvalue weighted by Gasteiger charge is 2.49. The summed E-state index contributed by atoms with van der Waals surface area (Å²) in [4.78, 5) is 2.40. The number of nitriles is 1. The zero-order valence-corrected chi connectivity index (χ0v) is 7.71. The molecule has 0 radical (unpaired) electrons. The summed E-state index contributed by atoms with van der Waals surface area (Å²) in [6.07, 6.45) is 4.84. The normalized spacial score (nSPS) is 34.2. The molecule has 0 amide bonds. The Morgan fingerprint density at radius 3 is 2.75 bits per heavy atom. The molecule has 2 aliphatic rings. The van der Waals surface area contributed by atoms with Crippen LogP contribution < -0.4 is 0 Å². The smallest absolute Gasteiger partial charge is 0.109 e. The highest BCUT2D eigenvalue weighted by Crippen LogP contribution is 2.42. The van der Waals surface area contributed by atoms with Gasteiger partial charge in [-0.25, -0.2) is 0 Å². The van der Waals surface area contributed by atoms with Crippen molar-refractivity contribution in [3.63, 3.8) is 0 Å². The predicted octanol–water partition coefficient (Wildman–Crippen LogP) is 1.77. The third kappa shape index (κ3) is 1.23. The highest BCUT2D eigenvalue weighted by atomic mass is 15.2. The van der Waals surface area contributed by atoms with E-state index in [9.17, 15) is 0 Å². The molecule has 1 atom stereocenters. The molecule has 66 valence electrons.